The van der Waals surface area contributed by atoms with Crippen LogP contribution >= 0.6 is 11.6 Å². The van der Waals surface area contributed by atoms with E-state index in [9.17, 15) is 0 Å². The standard InChI is InChI=1S/C10H9ClN2/c1-6-2-3-7-4-5-8(11)9(12)10(7)13-6/h2-5H,12H2,1H3. The summed E-state index contributed by atoms with van der Waals surface area (Å²) in [6, 6.07) is 7.65. The highest BCUT2D eigenvalue weighted by molar-refractivity contribution is 6.34. The molecular weight excluding hydrogens is 184 g/mol. The minimum atomic E-state index is 0.558. The molecule has 0 spiro atoms. The second-order valence-corrected chi connectivity index (χ2v) is 3.39. The Morgan fingerprint density at radius 2 is 1.92 bits per heavy atom. The van der Waals surface area contributed by atoms with E-state index in [2.05, 4.69) is 4.98 Å². The van der Waals surface area contributed by atoms with Crippen LogP contribution in [0.25, 0.3) is 10.9 Å². The van der Waals surface area contributed by atoms with E-state index in [-0.39, 0.29) is 0 Å². The SMILES string of the molecule is Cc1ccc2ccc(Cl)c(N)c2n1. The lowest BCUT2D eigenvalue weighted by Gasteiger charge is -2.03. The molecular formula is C10H9ClN2. The lowest BCUT2D eigenvalue weighted by Crippen LogP contribution is -1.92. The number of nitrogens with two attached hydrogens (primary N) is 1. The zero-order valence-corrected chi connectivity index (χ0v) is 7.97. The van der Waals surface area contributed by atoms with Gasteiger partial charge in [0, 0.05) is 11.1 Å². The van der Waals surface area contributed by atoms with Crippen LogP contribution in [0.5, 0.6) is 0 Å². The lowest BCUT2D eigenvalue weighted by molar-refractivity contribution is 1.26. The lowest BCUT2D eigenvalue weighted by atomic mass is 10.2. The predicted molar refractivity (Wildman–Crippen MR) is 55.9 cm³/mol. The van der Waals surface area contributed by atoms with Crippen LogP contribution in [0.1, 0.15) is 5.69 Å². The first-order valence-corrected chi connectivity index (χ1v) is 4.37. The van der Waals surface area contributed by atoms with Gasteiger partial charge in [0.15, 0.2) is 0 Å². The van der Waals surface area contributed by atoms with Gasteiger partial charge in [-0.05, 0) is 19.1 Å². The third-order valence-electron chi connectivity index (χ3n) is 1.99. The fourth-order valence-electron chi connectivity index (χ4n) is 1.28. The molecule has 1 aromatic heterocycles. The van der Waals surface area contributed by atoms with E-state index < -0.39 is 0 Å². The number of nitrogen functional groups attached to an aromatic ring is 1. The zero-order valence-electron chi connectivity index (χ0n) is 7.21. The van der Waals surface area contributed by atoms with Crippen molar-refractivity contribution in [3.63, 3.8) is 0 Å². The van der Waals surface area contributed by atoms with Crippen LogP contribution in [0.15, 0.2) is 24.3 Å². The molecule has 0 saturated heterocycles. The van der Waals surface area contributed by atoms with Gasteiger partial charge in [-0.1, -0.05) is 23.7 Å². The summed E-state index contributed by atoms with van der Waals surface area (Å²) < 4.78 is 0. The van der Waals surface area contributed by atoms with Crippen molar-refractivity contribution in [1.29, 1.82) is 0 Å². The van der Waals surface area contributed by atoms with Crippen LogP contribution in [-0.4, -0.2) is 4.98 Å². The molecule has 1 heterocycles. The zero-order chi connectivity index (χ0) is 9.42. The van der Waals surface area contributed by atoms with Crippen molar-refractivity contribution in [1.82, 2.24) is 4.98 Å². The Balaban J connectivity index is 2.89. The molecule has 0 fully saturated rings. The van der Waals surface area contributed by atoms with E-state index in [1.54, 1.807) is 6.07 Å². The van der Waals surface area contributed by atoms with Crippen LogP contribution in [0.3, 0.4) is 0 Å². The highest BCUT2D eigenvalue weighted by atomic mass is 35.5. The summed E-state index contributed by atoms with van der Waals surface area (Å²) in [5.74, 6) is 0. The first-order chi connectivity index (χ1) is 6.18. The fourth-order valence-corrected chi connectivity index (χ4v) is 1.44. The number of pyridine rings is 1. The Morgan fingerprint density at radius 3 is 2.69 bits per heavy atom. The molecule has 1 aromatic carbocycles. The van der Waals surface area contributed by atoms with Crippen molar-refractivity contribution in [2.75, 3.05) is 5.73 Å². The summed E-state index contributed by atoms with van der Waals surface area (Å²) in [7, 11) is 0. The van der Waals surface area contributed by atoms with Crippen LogP contribution < -0.4 is 5.73 Å². The number of aromatic nitrogens is 1. The van der Waals surface area contributed by atoms with Crippen LogP contribution in [0.4, 0.5) is 5.69 Å². The molecule has 0 atom stereocenters. The Kier molecular flexibility index (Phi) is 1.85. The highest BCUT2D eigenvalue weighted by Gasteiger charge is 2.03. The summed E-state index contributed by atoms with van der Waals surface area (Å²) in [5, 5.41) is 1.58. The van der Waals surface area contributed by atoms with Crippen molar-refractivity contribution < 1.29 is 0 Å². The van der Waals surface area contributed by atoms with Crippen molar-refractivity contribution in [2.45, 2.75) is 6.92 Å². The molecule has 0 saturated carbocycles. The summed E-state index contributed by atoms with van der Waals surface area (Å²) in [6.07, 6.45) is 0. The van der Waals surface area contributed by atoms with Gasteiger partial charge in [0.05, 0.1) is 16.2 Å². The van der Waals surface area contributed by atoms with Crippen molar-refractivity contribution >= 4 is 28.2 Å². The normalized spacial score (nSPS) is 10.6. The van der Waals surface area contributed by atoms with E-state index in [1.807, 2.05) is 25.1 Å². The van der Waals surface area contributed by atoms with Crippen LogP contribution in [0.2, 0.25) is 5.02 Å². The van der Waals surface area contributed by atoms with E-state index >= 15 is 0 Å². The second kappa shape index (κ2) is 2.89. The van der Waals surface area contributed by atoms with E-state index in [0.29, 0.717) is 10.7 Å². The van der Waals surface area contributed by atoms with Gasteiger partial charge < -0.3 is 5.73 Å². The maximum Gasteiger partial charge on any atom is 0.0949 e. The van der Waals surface area contributed by atoms with Gasteiger partial charge in [-0.3, -0.25) is 4.98 Å². The van der Waals surface area contributed by atoms with Gasteiger partial charge in [0.25, 0.3) is 0 Å². The minimum Gasteiger partial charge on any atom is -0.396 e. The van der Waals surface area contributed by atoms with Gasteiger partial charge in [-0.15, -0.1) is 0 Å². The third-order valence-corrected chi connectivity index (χ3v) is 2.32. The molecule has 0 bridgehead atoms. The summed E-state index contributed by atoms with van der Waals surface area (Å²) in [4.78, 5) is 4.33. The number of benzene rings is 1. The molecule has 2 N–H and O–H groups in total. The molecule has 13 heavy (non-hydrogen) atoms. The van der Waals surface area contributed by atoms with Gasteiger partial charge >= 0.3 is 0 Å². The molecule has 2 rings (SSSR count). The summed E-state index contributed by atoms with van der Waals surface area (Å²) >= 11 is 5.87. The molecule has 3 heteroatoms. The van der Waals surface area contributed by atoms with Gasteiger partial charge in [-0.25, -0.2) is 0 Å². The molecule has 0 amide bonds. The Hall–Kier alpha value is -1.28. The fraction of sp³-hybridized carbons (Fsp3) is 0.100. The van der Waals surface area contributed by atoms with E-state index in [1.165, 1.54) is 0 Å². The molecule has 0 aliphatic carbocycles. The Morgan fingerprint density at radius 1 is 1.23 bits per heavy atom. The number of aryl methyl sites for hydroxylation is 1. The molecule has 0 radical (unpaired) electrons. The summed E-state index contributed by atoms with van der Waals surface area (Å²) in [5.41, 5.74) is 8.08. The van der Waals surface area contributed by atoms with Crippen LogP contribution in [-0.2, 0) is 0 Å². The van der Waals surface area contributed by atoms with Gasteiger partial charge in [0.2, 0.25) is 0 Å². The van der Waals surface area contributed by atoms with Crippen molar-refractivity contribution in [3.05, 3.63) is 35.0 Å². The largest absolute Gasteiger partial charge is 0.396 e. The highest BCUT2D eigenvalue weighted by Crippen LogP contribution is 2.26. The molecule has 2 aromatic rings. The van der Waals surface area contributed by atoms with E-state index in [0.717, 1.165) is 16.6 Å². The number of rotatable bonds is 0. The average Bonchev–Trinajstić information content (AvgIpc) is 2.12. The number of fused-ring (bicyclic) bond motifs is 1. The number of hydrogen-bond donors (Lipinski definition) is 1. The topological polar surface area (TPSA) is 38.9 Å². The number of anilines is 1. The third kappa shape index (κ3) is 1.33. The minimum absolute atomic E-state index is 0.558. The first-order valence-electron chi connectivity index (χ1n) is 4.00. The monoisotopic (exact) mass is 192 g/mol. The Bertz CT molecular complexity index is 460. The van der Waals surface area contributed by atoms with E-state index in [4.69, 9.17) is 17.3 Å². The predicted octanol–water partition coefficient (Wildman–Crippen LogP) is 2.78. The Labute approximate surface area is 81.3 Å². The van der Waals surface area contributed by atoms with Gasteiger partial charge in [0.1, 0.15) is 0 Å². The number of halogens is 1. The van der Waals surface area contributed by atoms with Crippen LogP contribution in [0, 0.1) is 6.92 Å². The molecule has 0 unspecified atom stereocenters. The molecule has 0 aliphatic rings. The average molecular weight is 193 g/mol. The second-order valence-electron chi connectivity index (χ2n) is 2.99. The number of hydrogen-bond acceptors (Lipinski definition) is 2. The number of nitrogens with zero attached hydrogens (tertiary/aromatic N) is 1. The van der Waals surface area contributed by atoms with Crippen molar-refractivity contribution in [3.8, 4) is 0 Å². The first kappa shape index (κ1) is 8.32. The van der Waals surface area contributed by atoms with Crippen molar-refractivity contribution in [2.24, 2.45) is 0 Å². The maximum absolute atomic E-state index is 5.87. The maximum atomic E-state index is 5.87. The molecule has 2 nitrogen and oxygen atoms in total. The molecule has 0 aliphatic heterocycles. The smallest absolute Gasteiger partial charge is 0.0949 e. The summed E-state index contributed by atoms with van der Waals surface area (Å²) in [6.45, 7) is 1.93. The van der Waals surface area contributed by atoms with Gasteiger partial charge in [-0.2, -0.15) is 0 Å². The quantitative estimate of drug-likeness (QED) is 0.652. The molecule has 66 valence electrons.